The van der Waals surface area contributed by atoms with E-state index in [1.807, 2.05) is 58.8 Å². The molecule has 1 amide bonds. The van der Waals surface area contributed by atoms with Crippen molar-refractivity contribution >= 4 is 28.2 Å². The second-order valence-corrected chi connectivity index (χ2v) is 8.93. The molecule has 0 bridgehead atoms. The fraction of sp³-hybridized carbons (Fsp3) is 0.292. The van der Waals surface area contributed by atoms with Crippen molar-refractivity contribution in [3.63, 3.8) is 0 Å². The van der Waals surface area contributed by atoms with Crippen molar-refractivity contribution < 1.29 is 9.32 Å². The highest BCUT2D eigenvalue weighted by molar-refractivity contribution is 7.13. The highest BCUT2D eigenvalue weighted by Crippen LogP contribution is 2.33. The first-order valence-corrected chi connectivity index (χ1v) is 11.4. The predicted molar refractivity (Wildman–Crippen MR) is 123 cm³/mol. The Balaban J connectivity index is 1.42. The van der Waals surface area contributed by atoms with Crippen molar-refractivity contribution in [1.82, 2.24) is 19.9 Å². The summed E-state index contributed by atoms with van der Waals surface area (Å²) in [6.07, 6.45) is 0. The zero-order valence-corrected chi connectivity index (χ0v) is 18.4. The number of amides is 1. The van der Waals surface area contributed by atoms with Crippen LogP contribution in [0.5, 0.6) is 0 Å². The normalized spacial score (nSPS) is 15.1. The number of fused-ring (bicyclic) bond motifs is 1. The standard InChI is InChI=1S/C24H24N4O2S/c1-16(2)27-10-12-28(13-11-27)24(29)18-8-9-21-19(14-18)22(26-30-21)20-15-31-23(25-20)17-6-4-3-5-7-17/h3-9,14-16H,10-13H2,1-2H3. The van der Waals surface area contributed by atoms with Gasteiger partial charge in [0.15, 0.2) is 5.58 Å². The van der Waals surface area contributed by atoms with Crippen molar-refractivity contribution in [2.24, 2.45) is 0 Å². The summed E-state index contributed by atoms with van der Waals surface area (Å²) in [4.78, 5) is 22.2. The number of hydrogen-bond donors (Lipinski definition) is 0. The average molecular weight is 433 g/mol. The van der Waals surface area contributed by atoms with Gasteiger partial charge < -0.3 is 9.42 Å². The van der Waals surface area contributed by atoms with Crippen molar-refractivity contribution in [3.05, 3.63) is 59.5 Å². The Hall–Kier alpha value is -3.03. The number of carbonyl (C=O) groups excluding carboxylic acids is 1. The first-order valence-electron chi connectivity index (χ1n) is 10.5. The summed E-state index contributed by atoms with van der Waals surface area (Å²) in [7, 11) is 0. The molecule has 7 heteroatoms. The Labute approximate surface area is 185 Å². The van der Waals surface area contributed by atoms with Crippen LogP contribution in [0.25, 0.3) is 32.9 Å². The summed E-state index contributed by atoms with van der Waals surface area (Å²) in [5, 5.41) is 7.99. The molecule has 0 spiro atoms. The third-order valence-corrected chi connectivity index (χ3v) is 6.71. The van der Waals surface area contributed by atoms with Crippen LogP contribution < -0.4 is 0 Å². The molecule has 1 aliphatic rings. The highest BCUT2D eigenvalue weighted by Gasteiger charge is 2.24. The van der Waals surface area contributed by atoms with E-state index >= 15 is 0 Å². The zero-order valence-electron chi connectivity index (χ0n) is 17.6. The van der Waals surface area contributed by atoms with Gasteiger partial charge >= 0.3 is 0 Å². The summed E-state index contributed by atoms with van der Waals surface area (Å²) < 4.78 is 5.52. The second-order valence-electron chi connectivity index (χ2n) is 8.07. The molecule has 6 nitrogen and oxygen atoms in total. The van der Waals surface area contributed by atoms with Crippen LogP contribution in [0.1, 0.15) is 24.2 Å². The largest absolute Gasteiger partial charge is 0.356 e. The Morgan fingerprint density at radius 3 is 2.58 bits per heavy atom. The molecule has 1 fully saturated rings. The fourth-order valence-corrected chi connectivity index (χ4v) is 4.79. The molecule has 0 N–H and O–H groups in total. The number of carbonyl (C=O) groups is 1. The van der Waals surface area contributed by atoms with E-state index in [1.165, 1.54) is 0 Å². The van der Waals surface area contributed by atoms with E-state index in [1.54, 1.807) is 11.3 Å². The molecule has 0 radical (unpaired) electrons. The lowest BCUT2D eigenvalue weighted by Crippen LogP contribution is -2.50. The van der Waals surface area contributed by atoms with Gasteiger partial charge in [-0.25, -0.2) is 4.98 Å². The van der Waals surface area contributed by atoms with Gasteiger partial charge in [-0.2, -0.15) is 0 Å². The van der Waals surface area contributed by atoms with E-state index in [-0.39, 0.29) is 5.91 Å². The van der Waals surface area contributed by atoms with Gasteiger partial charge in [0, 0.05) is 48.7 Å². The quantitative estimate of drug-likeness (QED) is 0.464. The predicted octanol–water partition coefficient (Wildman–Crippen LogP) is 4.78. The Morgan fingerprint density at radius 2 is 1.84 bits per heavy atom. The van der Waals surface area contributed by atoms with Crippen LogP contribution in [0.3, 0.4) is 0 Å². The minimum atomic E-state index is 0.0562. The average Bonchev–Trinajstić information content (AvgIpc) is 3.46. The van der Waals surface area contributed by atoms with Crippen LogP contribution in [-0.2, 0) is 0 Å². The second kappa shape index (κ2) is 8.24. The molecule has 3 heterocycles. The maximum Gasteiger partial charge on any atom is 0.253 e. The molecule has 158 valence electrons. The van der Waals surface area contributed by atoms with Crippen molar-refractivity contribution in [2.75, 3.05) is 26.2 Å². The molecule has 1 saturated heterocycles. The van der Waals surface area contributed by atoms with Gasteiger partial charge in [0.05, 0.1) is 5.39 Å². The lowest BCUT2D eigenvalue weighted by molar-refractivity contribution is 0.0595. The number of nitrogens with zero attached hydrogens (tertiary/aromatic N) is 4. The van der Waals surface area contributed by atoms with Crippen molar-refractivity contribution in [3.8, 4) is 22.0 Å². The third-order valence-electron chi connectivity index (χ3n) is 5.82. The lowest BCUT2D eigenvalue weighted by Gasteiger charge is -2.36. The number of benzene rings is 2. The minimum Gasteiger partial charge on any atom is -0.356 e. The third kappa shape index (κ3) is 3.86. The van der Waals surface area contributed by atoms with Crippen LogP contribution in [-0.4, -0.2) is 58.1 Å². The summed E-state index contributed by atoms with van der Waals surface area (Å²) in [5.41, 5.74) is 3.83. The number of aromatic nitrogens is 2. The molecular weight excluding hydrogens is 408 g/mol. The molecule has 4 aromatic rings. The van der Waals surface area contributed by atoms with E-state index < -0.39 is 0 Å². The molecule has 5 rings (SSSR count). The van der Waals surface area contributed by atoms with Crippen LogP contribution in [0.2, 0.25) is 0 Å². The Bertz CT molecular complexity index is 1210. The molecule has 0 saturated carbocycles. The number of hydrogen-bond acceptors (Lipinski definition) is 6. The summed E-state index contributed by atoms with van der Waals surface area (Å²) in [6.45, 7) is 7.70. The van der Waals surface area contributed by atoms with Gasteiger partial charge in [-0.1, -0.05) is 35.5 Å². The highest BCUT2D eigenvalue weighted by atomic mass is 32.1. The Morgan fingerprint density at radius 1 is 1.06 bits per heavy atom. The van der Waals surface area contributed by atoms with Gasteiger partial charge in [0.2, 0.25) is 0 Å². The van der Waals surface area contributed by atoms with E-state index in [2.05, 4.69) is 23.9 Å². The number of piperazine rings is 1. The lowest BCUT2D eigenvalue weighted by atomic mass is 10.1. The smallest absolute Gasteiger partial charge is 0.253 e. The van der Waals surface area contributed by atoms with Crippen molar-refractivity contribution in [1.29, 1.82) is 0 Å². The maximum absolute atomic E-state index is 13.1. The summed E-state index contributed by atoms with van der Waals surface area (Å²) >= 11 is 1.57. The first-order chi connectivity index (χ1) is 15.1. The van der Waals surface area contributed by atoms with Gasteiger partial charge in [0.25, 0.3) is 5.91 Å². The molecule has 0 unspecified atom stereocenters. The zero-order chi connectivity index (χ0) is 21.4. The van der Waals surface area contributed by atoms with Crippen LogP contribution in [0.15, 0.2) is 58.4 Å². The van der Waals surface area contributed by atoms with Crippen LogP contribution >= 0.6 is 11.3 Å². The van der Waals surface area contributed by atoms with Gasteiger partial charge in [-0.3, -0.25) is 9.69 Å². The van der Waals surface area contributed by atoms with E-state index in [0.29, 0.717) is 22.9 Å². The molecule has 0 aliphatic carbocycles. The molecule has 31 heavy (non-hydrogen) atoms. The van der Waals surface area contributed by atoms with E-state index in [9.17, 15) is 4.79 Å². The first kappa shape index (κ1) is 19.9. The summed E-state index contributed by atoms with van der Waals surface area (Å²) in [5.74, 6) is 0.0562. The topological polar surface area (TPSA) is 62.5 Å². The molecule has 2 aromatic carbocycles. The molecule has 0 atom stereocenters. The van der Waals surface area contributed by atoms with Crippen LogP contribution in [0.4, 0.5) is 0 Å². The van der Waals surface area contributed by atoms with Gasteiger partial charge in [-0.05, 0) is 32.0 Å². The number of thiazole rings is 1. The van der Waals surface area contributed by atoms with E-state index in [0.717, 1.165) is 47.8 Å². The van der Waals surface area contributed by atoms with E-state index in [4.69, 9.17) is 9.51 Å². The minimum absolute atomic E-state index is 0.0562. The van der Waals surface area contributed by atoms with Crippen molar-refractivity contribution in [2.45, 2.75) is 19.9 Å². The SMILES string of the molecule is CC(C)N1CCN(C(=O)c2ccc3onc(-c4csc(-c5ccccc5)n4)c3c2)CC1. The Kier molecular flexibility index (Phi) is 5.29. The molecule has 1 aliphatic heterocycles. The van der Waals surface area contributed by atoms with Gasteiger partial charge in [0.1, 0.15) is 16.4 Å². The van der Waals surface area contributed by atoms with Gasteiger partial charge in [-0.15, -0.1) is 11.3 Å². The number of rotatable bonds is 4. The van der Waals surface area contributed by atoms with Crippen LogP contribution in [0, 0.1) is 0 Å². The maximum atomic E-state index is 13.1. The fourth-order valence-electron chi connectivity index (χ4n) is 3.98. The molecular formula is C24H24N4O2S. The monoisotopic (exact) mass is 432 g/mol. The summed E-state index contributed by atoms with van der Waals surface area (Å²) in [6, 6.07) is 16.1. The molecule has 2 aromatic heterocycles.